The van der Waals surface area contributed by atoms with Crippen molar-refractivity contribution in [3.8, 4) is 0 Å². The van der Waals surface area contributed by atoms with Crippen molar-refractivity contribution in [2.45, 2.75) is 38.9 Å². The van der Waals surface area contributed by atoms with Crippen LogP contribution in [0.5, 0.6) is 0 Å². The number of rotatable bonds is 6. The van der Waals surface area contributed by atoms with Crippen LogP contribution in [0.1, 0.15) is 43.1 Å². The summed E-state index contributed by atoms with van der Waals surface area (Å²) in [6.07, 6.45) is -1.20. The van der Waals surface area contributed by atoms with Crippen LogP contribution in [0.25, 0.3) is 0 Å². The van der Waals surface area contributed by atoms with E-state index >= 15 is 0 Å². The quantitative estimate of drug-likeness (QED) is 0.456. The SMILES string of the molecule is COC(OC)C(=O)CC(=O)c1ccc(C(C)(C)C)cc1. The lowest BCUT2D eigenvalue weighted by atomic mass is 9.86. The van der Waals surface area contributed by atoms with Crippen molar-refractivity contribution in [1.29, 1.82) is 0 Å². The monoisotopic (exact) mass is 278 g/mol. The Hall–Kier alpha value is -1.52. The number of hydrogen-bond donors (Lipinski definition) is 0. The lowest BCUT2D eigenvalue weighted by Gasteiger charge is -2.19. The van der Waals surface area contributed by atoms with Crippen molar-refractivity contribution in [2.75, 3.05) is 14.2 Å². The van der Waals surface area contributed by atoms with Crippen LogP contribution in [0.15, 0.2) is 24.3 Å². The first-order valence-electron chi connectivity index (χ1n) is 6.51. The highest BCUT2D eigenvalue weighted by molar-refractivity contribution is 6.08. The molecule has 0 aromatic heterocycles. The fraction of sp³-hybridized carbons (Fsp3) is 0.500. The highest BCUT2D eigenvalue weighted by Gasteiger charge is 2.21. The van der Waals surface area contributed by atoms with Gasteiger partial charge in [0.1, 0.15) is 0 Å². The number of methoxy groups -OCH3 is 2. The molecule has 0 aliphatic carbocycles. The zero-order chi connectivity index (χ0) is 15.3. The topological polar surface area (TPSA) is 52.6 Å². The van der Waals surface area contributed by atoms with E-state index in [9.17, 15) is 9.59 Å². The lowest BCUT2D eigenvalue weighted by Crippen LogP contribution is -2.27. The standard InChI is InChI=1S/C16H22O4/c1-16(2,3)12-8-6-11(7-9-12)13(17)10-14(18)15(19-4)20-5/h6-9,15H,10H2,1-5H3. The molecule has 4 heteroatoms. The van der Waals surface area contributed by atoms with E-state index < -0.39 is 6.29 Å². The zero-order valence-electron chi connectivity index (χ0n) is 12.7. The smallest absolute Gasteiger partial charge is 0.217 e. The summed E-state index contributed by atoms with van der Waals surface area (Å²) in [6, 6.07) is 7.35. The predicted molar refractivity (Wildman–Crippen MR) is 76.9 cm³/mol. The number of carbonyl (C=O) groups excluding carboxylic acids is 2. The number of carbonyl (C=O) groups is 2. The average molecular weight is 278 g/mol. The summed E-state index contributed by atoms with van der Waals surface area (Å²) in [5, 5.41) is 0. The maximum atomic E-state index is 12.0. The summed E-state index contributed by atoms with van der Waals surface area (Å²) in [7, 11) is 2.74. The fourth-order valence-corrected chi connectivity index (χ4v) is 1.86. The van der Waals surface area contributed by atoms with E-state index in [1.54, 1.807) is 12.1 Å². The van der Waals surface area contributed by atoms with Crippen molar-refractivity contribution < 1.29 is 19.1 Å². The molecule has 0 aliphatic rings. The summed E-state index contributed by atoms with van der Waals surface area (Å²) in [5.74, 6) is -0.602. The first kappa shape index (κ1) is 16.5. The van der Waals surface area contributed by atoms with Gasteiger partial charge in [0.2, 0.25) is 6.29 Å². The maximum Gasteiger partial charge on any atom is 0.217 e. The van der Waals surface area contributed by atoms with Gasteiger partial charge in [-0.15, -0.1) is 0 Å². The Morgan fingerprint density at radius 2 is 1.55 bits per heavy atom. The Morgan fingerprint density at radius 3 is 1.95 bits per heavy atom. The second-order valence-electron chi connectivity index (χ2n) is 5.70. The van der Waals surface area contributed by atoms with Gasteiger partial charge in [-0.2, -0.15) is 0 Å². The fourth-order valence-electron chi connectivity index (χ4n) is 1.86. The minimum absolute atomic E-state index is 0.0363. The molecule has 0 bridgehead atoms. The molecule has 1 aromatic carbocycles. The third kappa shape index (κ3) is 4.25. The molecule has 0 saturated heterocycles. The van der Waals surface area contributed by atoms with Crippen LogP contribution in [0.4, 0.5) is 0 Å². The molecule has 0 amide bonds. The maximum absolute atomic E-state index is 12.0. The van der Waals surface area contributed by atoms with Crippen molar-refractivity contribution >= 4 is 11.6 Å². The zero-order valence-corrected chi connectivity index (χ0v) is 12.7. The number of ether oxygens (including phenoxy) is 2. The average Bonchev–Trinajstić information content (AvgIpc) is 2.39. The van der Waals surface area contributed by atoms with E-state index in [-0.39, 0.29) is 23.4 Å². The van der Waals surface area contributed by atoms with Crippen molar-refractivity contribution in [3.63, 3.8) is 0 Å². The van der Waals surface area contributed by atoms with Crippen LogP contribution in [-0.4, -0.2) is 32.1 Å². The largest absolute Gasteiger partial charge is 0.349 e. The molecule has 0 N–H and O–H groups in total. The van der Waals surface area contributed by atoms with Crippen LogP contribution in [0, 0.1) is 0 Å². The van der Waals surface area contributed by atoms with Gasteiger partial charge < -0.3 is 9.47 Å². The van der Waals surface area contributed by atoms with Gasteiger partial charge in [0.05, 0.1) is 6.42 Å². The van der Waals surface area contributed by atoms with Gasteiger partial charge in [0, 0.05) is 19.8 Å². The highest BCUT2D eigenvalue weighted by atomic mass is 16.7. The normalized spacial score (nSPS) is 11.7. The molecular weight excluding hydrogens is 256 g/mol. The molecular formula is C16H22O4. The molecule has 0 aliphatic heterocycles. The third-order valence-corrected chi connectivity index (χ3v) is 3.10. The Bertz CT molecular complexity index is 464. The van der Waals surface area contributed by atoms with E-state index in [1.165, 1.54) is 14.2 Å². The van der Waals surface area contributed by atoms with Crippen LogP contribution >= 0.6 is 0 Å². The van der Waals surface area contributed by atoms with Crippen LogP contribution < -0.4 is 0 Å². The van der Waals surface area contributed by atoms with Gasteiger partial charge in [0.25, 0.3) is 0 Å². The minimum atomic E-state index is -0.979. The van der Waals surface area contributed by atoms with Crippen LogP contribution in [0.2, 0.25) is 0 Å². The second kappa shape index (κ2) is 6.77. The summed E-state index contributed by atoms with van der Waals surface area (Å²) in [6.45, 7) is 6.32. The van der Waals surface area contributed by atoms with E-state index in [0.717, 1.165) is 5.56 Å². The summed E-state index contributed by atoms with van der Waals surface area (Å²) >= 11 is 0. The van der Waals surface area contributed by atoms with Gasteiger partial charge >= 0.3 is 0 Å². The molecule has 0 radical (unpaired) electrons. The predicted octanol–water partition coefficient (Wildman–Crippen LogP) is 2.74. The molecule has 0 heterocycles. The number of benzene rings is 1. The first-order valence-corrected chi connectivity index (χ1v) is 6.51. The number of hydrogen-bond acceptors (Lipinski definition) is 4. The summed E-state index contributed by atoms with van der Waals surface area (Å²) in [5.41, 5.74) is 1.71. The van der Waals surface area contributed by atoms with Gasteiger partial charge in [0.15, 0.2) is 11.6 Å². The number of ketones is 2. The van der Waals surface area contributed by atoms with Gasteiger partial charge in [-0.25, -0.2) is 0 Å². The third-order valence-electron chi connectivity index (χ3n) is 3.10. The molecule has 1 aromatic rings. The van der Waals surface area contributed by atoms with E-state index in [2.05, 4.69) is 20.8 Å². The lowest BCUT2D eigenvalue weighted by molar-refractivity contribution is -0.155. The molecule has 0 unspecified atom stereocenters. The van der Waals surface area contributed by atoms with Gasteiger partial charge in [-0.3, -0.25) is 9.59 Å². The molecule has 0 fully saturated rings. The van der Waals surface area contributed by atoms with Crippen LogP contribution in [0.3, 0.4) is 0 Å². The van der Waals surface area contributed by atoms with Gasteiger partial charge in [-0.05, 0) is 11.0 Å². The molecule has 20 heavy (non-hydrogen) atoms. The molecule has 0 atom stereocenters. The van der Waals surface area contributed by atoms with Crippen LogP contribution in [-0.2, 0) is 19.7 Å². The molecule has 4 nitrogen and oxygen atoms in total. The first-order chi connectivity index (χ1) is 9.29. The van der Waals surface area contributed by atoms with E-state index in [1.807, 2.05) is 12.1 Å². The molecule has 0 spiro atoms. The molecule has 0 saturated carbocycles. The van der Waals surface area contributed by atoms with Gasteiger partial charge in [-0.1, -0.05) is 45.0 Å². The van der Waals surface area contributed by atoms with Crippen molar-refractivity contribution in [3.05, 3.63) is 35.4 Å². The highest BCUT2D eigenvalue weighted by Crippen LogP contribution is 2.22. The van der Waals surface area contributed by atoms with Crippen molar-refractivity contribution in [2.24, 2.45) is 0 Å². The number of Topliss-reactive ketones (excluding diaryl/α,β-unsaturated/α-hetero) is 2. The minimum Gasteiger partial charge on any atom is -0.349 e. The van der Waals surface area contributed by atoms with Crippen molar-refractivity contribution in [1.82, 2.24) is 0 Å². The Morgan fingerprint density at radius 1 is 1.05 bits per heavy atom. The Balaban J connectivity index is 2.76. The Labute approximate surface area is 120 Å². The second-order valence-corrected chi connectivity index (χ2v) is 5.70. The summed E-state index contributed by atoms with van der Waals surface area (Å²) < 4.78 is 9.68. The summed E-state index contributed by atoms with van der Waals surface area (Å²) in [4.78, 5) is 23.8. The van der Waals surface area contributed by atoms with E-state index in [0.29, 0.717) is 5.56 Å². The molecule has 110 valence electrons. The molecule has 1 rings (SSSR count). The van der Waals surface area contributed by atoms with E-state index in [4.69, 9.17) is 9.47 Å². The Kier molecular flexibility index (Phi) is 5.60.